The minimum absolute atomic E-state index is 0.155. The van der Waals surface area contributed by atoms with Gasteiger partial charge in [-0.25, -0.2) is 9.37 Å². The number of carbonyl (C=O) groups is 1. The van der Waals surface area contributed by atoms with Crippen molar-refractivity contribution in [2.75, 3.05) is 13.7 Å². The first-order valence-corrected chi connectivity index (χ1v) is 8.59. The standard InChI is InChI=1S/C19H18FN5O2/c1-12-17-22-23-18(15-4-3-5-16(21-15)27-2)25(17)11-10-24(12)19(26)13-6-8-14(20)9-7-13/h3-9,12H,10-11H2,1-2H3/t12-/m1/s1. The summed E-state index contributed by atoms with van der Waals surface area (Å²) in [7, 11) is 1.56. The lowest BCUT2D eigenvalue weighted by Crippen LogP contribution is -2.41. The van der Waals surface area contributed by atoms with Gasteiger partial charge in [-0.15, -0.1) is 10.2 Å². The summed E-state index contributed by atoms with van der Waals surface area (Å²) < 4.78 is 20.3. The van der Waals surface area contributed by atoms with Gasteiger partial charge in [-0.3, -0.25) is 4.79 Å². The van der Waals surface area contributed by atoms with E-state index in [1.54, 1.807) is 18.1 Å². The van der Waals surface area contributed by atoms with Crippen molar-refractivity contribution in [2.24, 2.45) is 0 Å². The lowest BCUT2D eigenvalue weighted by Gasteiger charge is -2.33. The van der Waals surface area contributed by atoms with Crippen LogP contribution in [-0.2, 0) is 6.54 Å². The molecule has 1 aliphatic heterocycles. The SMILES string of the molecule is COc1cccc(-c2nnc3n2CCN(C(=O)c2ccc(F)cc2)[C@@H]3C)n1. The Bertz CT molecular complexity index is 986. The third-order valence-electron chi connectivity index (χ3n) is 4.70. The highest BCUT2D eigenvalue weighted by atomic mass is 19.1. The molecule has 3 aromatic rings. The van der Waals surface area contributed by atoms with Gasteiger partial charge in [0.2, 0.25) is 5.88 Å². The molecule has 8 heteroatoms. The Balaban J connectivity index is 1.63. The second kappa shape index (κ2) is 6.79. The maximum atomic E-state index is 13.1. The summed E-state index contributed by atoms with van der Waals surface area (Å²) in [6, 6.07) is 10.8. The molecule has 7 nitrogen and oxygen atoms in total. The van der Waals surface area contributed by atoms with Gasteiger partial charge in [0, 0.05) is 24.7 Å². The van der Waals surface area contributed by atoms with Crippen LogP contribution in [0.25, 0.3) is 11.5 Å². The van der Waals surface area contributed by atoms with Gasteiger partial charge < -0.3 is 14.2 Å². The smallest absolute Gasteiger partial charge is 0.254 e. The zero-order chi connectivity index (χ0) is 19.0. The molecule has 0 radical (unpaired) electrons. The molecular formula is C19H18FN5O2. The van der Waals surface area contributed by atoms with Crippen molar-refractivity contribution in [3.05, 3.63) is 59.7 Å². The van der Waals surface area contributed by atoms with Crippen molar-refractivity contribution in [3.8, 4) is 17.4 Å². The minimum atomic E-state index is -0.367. The summed E-state index contributed by atoms with van der Waals surface area (Å²) in [6.07, 6.45) is 0. The van der Waals surface area contributed by atoms with E-state index in [0.717, 1.165) is 0 Å². The molecule has 0 saturated heterocycles. The zero-order valence-electron chi connectivity index (χ0n) is 15.0. The highest BCUT2D eigenvalue weighted by Gasteiger charge is 2.32. The largest absolute Gasteiger partial charge is 0.481 e. The van der Waals surface area contributed by atoms with Gasteiger partial charge in [-0.05, 0) is 37.3 Å². The highest BCUT2D eigenvalue weighted by molar-refractivity contribution is 5.94. The quantitative estimate of drug-likeness (QED) is 0.712. The number of benzene rings is 1. The molecule has 27 heavy (non-hydrogen) atoms. The maximum absolute atomic E-state index is 13.1. The van der Waals surface area contributed by atoms with Gasteiger partial charge in [0.05, 0.1) is 13.2 Å². The number of carbonyl (C=O) groups excluding carboxylic acids is 1. The molecule has 0 fully saturated rings. The number of ether oxygens (including phenoxy) is 1. The van der Waals surface area contributed by atoms with Gasteiger partial charge in [-0.2, -0.15) is 0 Å². The van der Waals surface area contributed by atoms with Gasteiger partial charge in [0.1, 0.15) is 11.5 Å². The van der Waals surface area contributed by atoms with Crippen LogP contribution in [0, 0.1) is 5.82 Å². The molecule has 0 saturated carbocycles. The number of aromatic nitrogens is 4. The first-order chi connectivity index (χ1) is 13.1. The summed E-state index contributed by atoms with van der Waals surface area (Å²) in [5.74, 6) is 1.31. The third kappa shape index (κ3) is 3.03. The Morgan fingerprint density at radius 2 is 1.93 bits per heavy atom. The zero-order valence-corrected chi connectivity index (χ0v) is 15.0. The lowest BCUT2D eigenvalue weighted by atomic mass is 10.1. The third-order valence-corrected chi connectivity index (χ3v) is 4.70. The summed E-state index contributed by atoms with van der Waals surface area (Å²) in [5, 5.41) is 8.57. The number of methoxy groups -OCH3 is 1. The van der Waals surface area contributed by atoms with Crippen molar-refractivity contribution in [1.29, 1.82) is 0 Å². The van der Waals surface area contributed by atoms with Crippen LogP contribution in [0.4, 0.5) is 4.39 Å². The van der Waals surface area contributed by atoms with Crippen LogP contribution in [0.1, 0.15) is 29.1 Å². The molecule has 0 spiro atoms. The molecule has 0 N–H and O–H groups in total. The predicted molar refractivity (Wildman–Crippen MR) is 95.7 cm³/mol. The molecule has 2 aromatic heterocycles. The normalized spacial score (nSPS) is 16.1. The molecule has 1 aliphatic rings. The molecule has 138 valence electrons. The highest BCUT2D eigenvalue weighted by Crippen LogP contribution is 2.29. The molecular weight excluding hydrogens is 349 g/mol. The second-order valence-corrected chi connectivity index (χ2v) is 6.28. The van der Waals surface area contributed by atoms with Gasteiger partial charge in [0.15, 0.2) is 11.6 Å². The van der Waals surface area contributed by atoms with Crippen molar-refractivity contribution >= 4 is 5.91 Å². The lowest BCUT2D eigenvalue weighted by molar-refractivity contribution is 0.0638. The molecule has 1 atom stereocenters. The Hall–Kier alpha value is -3.29. The first-order valence-electron chi connectivity index (χ1n) is 8.59. The number of rotatable bonds is 3. The summed E-state index contributed by atoms with van der Waals surface area (Å²) in [6.45, 7) is 2.96. The van der Waals surface area contributed by atoms with E-state index in [2.05, 4.69) is 15.2 Å². The van der Waals surface area contributed by atoms with Crippen LogP contribution < -0.4 is 4.74 Å². The van der Waals surface area contributed by atoms with E-state index in [1.165, 1.54) is 24.3 Å². The molecule has 3 heterocycles. The van der Waals surface area contributed by atoms with Gasteiger partial charge in [-0.1, -0.05) is 6.07 Å². The average Bonchev–Trinajstić information content (AvgIpc) is 3.13. The van der Waals surface area contributed by atoms with E-state index >= 15 is 0 Å². The fraction of sp³-hybridized carbons (Fsp3) is 0.263. The maximum Gasteiger partial charge on any atom is 0.254 e. The van der Waals surface area contributed by atoms with Crippen molar-refractivity contribution in [2.45, 2.75) is 19.5 Å². The summed E-state index contributed by atoms with van der Waals surface area (Å²) >= 11 is 0. The van der Waals surface area contributed by atoms with Crippen molar-refractivity contribution < 1.29 is 13.9 Å². The number of amides is 1. The molecule has 1 amide bonds. The minimum Gasteiger partial charge on any atom is -0.481 e. The van der Waals surface area contributed by atoms with E-state index in [4.69, 9.17) is 4.74 Å². The second-order valence-electron chi connectivity index (χ2n) is 6.28. The van der Waals surface area contributed by atoms with Crippen LogP contribution >= 0.6 is 0 Å². The molecule has 0 bridgehead atoms. The number of nitrogens with zero attached hydrogens (tertiary/aromatic N) is 5. The fourth-order valence-corrected chi connectivity index (χ4v) is 3.26. The fourth-order valence-electron chi connectivity index (χ4n) is 3.26. The Morgan fingerprint density at radius 3 is 2.67 bits per heavy atom. The van der Waals surface area contributed by atoms with Crippen LogP contribution in [0.15, 0.2) is 42.5 Å². The monoisotopic (exact) mass is 367 g/mol. The van der Waals surface area contributed by atoms with Gasteiger partial charge >= 0.3 is 0 Å². The number of hydrogen-bond donors (Lipinski definition) is 0. The van der Waals surface area contributed by atoms with E-state index in [9.17, 15) is 9.18 Å². The molecule has 1 aromatic carbocycles. The van der Waals surface area contributed by atoms with E-state index in [-0.39, 0.29) is 17.8 Å². The number of fused-ring (bicyclic) bond motifs is 1. The number of hydrogen-bond acceptors (Lipinski definition) is 5. The van der Waals surface area contributed by atoms with Crippen LogP contribution in [-0.4, -0.2) is 44.2 Å². The first kappa shape index (κ1) is 17.1. The topological polar surface area (TPSA) is 73.1 Å². The molecule has 0 unspecified atom stereocenters. The van der Waals surface area contributed by atoms with Crippen LogP contribution in [0.2, 0.25) is 0 Å². The van der Waals surface area contributed by atoms with Crippen LogP contribution in [0.5, 0.6) is 5.88 Å². The number of halogens is 1. The van der Waals surface area contributed by atoms with Gasteiger partial charge in [0.25, 0.3) is 5.91 Å². The van der Waals surface area contributed by atoms with E-state index < -0.39 is 0 Å². The van der Waals surface area contributed by atoms with E-state index in [0.29, 0.717) is 41.9 Å². The summed E-state index contributed by atoms with van der Waals surface area (Å²) in [4.78, 5) is 18.9. The van der Waals surface area contributed by atoms with Crippen molar-refractivity contribution in [3.63, 3.8) is 0 Å². The van der Waals surface area contributed by atoms with Crippen molar-refractivity contribution in [1.82, 2.24) is 24.6 Å². The Labute approximate surface area is 155 Å². The predicted octanol–water partition coefficient (Wildman–Crippen LogP) is 2.70. The molecule has 4 rings (SSSR count). The summed E-state index contributed by atoms with van der Waals surface area (Å²) in [5.41, 5.74) is 1.12. The molecule has 0 aliphatic carbocycles. The Morgan fingerprint density at radius 1 is 1.15 bits per heavy atom. The van der Waals surface area contributed by atoms with Crippen LogP contribution in [0.3, 0.4) is 0 Å². The number of pyridine rings is 1. The Kier molecular flexibility index (Phi) is 4.31. The van der Waals surface area contributed by atoms with E-state index in [1.807, 2.05) is 23.6 Å². The average molecular weight is 367 g/mol.